The molecule has 0 aliphatic heterocycles. The van der Waals surface area contributed by atoms with Crippen molar-refractivity contribution in [3.63, 3.8) is 0 Å². The van der Waals surface area contributed by atoms with Crippen LogP contribution < -0.4 is 0 Å². The number of rotatable bonds is 4. The fourth-order valence-electron chi connectivity index (χ4n) is 2.00. The standard InChI is InChI=1S/C14H17NO3S/c1-8-3-4-12-10(5-8)11(6-15-12)14(18)13(17)7-19-9(2)16/h3-6,13-15,17-18H,7H2,1-2H3. The van der Waals surface area contributed by atoms with Gasteiger partial charge in [-0.25, -0.2) is 0 Å². The van der Waals surface area contributed by atoms with Crippen LogP contribution in [0.4, 0.5) is 0 Å². The molecule has 0 amide bonds. The van der Waals surface area contributed by atoms with E-state index in [1.165, 1.54) is 6.92 Å². The van der Waals surface area contributed by atoms with Gasteiger partial charge in [0.2, 0.25) is 0 Å². The van der Waals surface area contributed by atoms with Gasteiger partial charge in [0.05, 0.1) is 6.10 Å². The lowest BCUT2D eigenvalue weighted by atomic mass is 10.0. The summed E-state index contributed by atoms with van der Waals surface area (Å²) in [5.41, 5.74) is 2.68. The van der Waals surface area contributed by atoms with Crippen molar-refractivity contribution in [1.82, 2.24) is 4.98 Å². The maximum atomic E-state index is 10.9. The predicted octanol–water partition coefficient (Wildman–Crippen LogP) is 2.15. The van der Waals surface area contributed by atoms with Crippen LogP contribution in [0.1, 0.15) is 24.2 Å². The highest BCUT2D eigenvalue weighted by Crippen LogP contribution is 2.28. The minimum absolute atomic E-state index is 0.0685. The molecule has 3 N–H and O–H groups in total. The summed E-state index contributed by atoms with van der Waals surface area (Å²) in [6, 6.07) is 5.89. The Labute approximate surface area is 115 Å². The first-order chi connectivity index (χ1) is 8.99. The molecule has 0 fully saturated rings. The number of benzene rings is 1. The Kier molecular flexibility index (Phi) is 4.29. The zero-order chi connectivity index (χ0) is 14.0. The lowest BCUT2D eigenvalue weighted by Crippen LogP contribution is -2.21. The number of aliphatic hydroxyl groups is 2. The molecule has 1 aromatic heterocycles. The minimum Gasteiger partial charge on any atom is -0.389 e. The number of carbonyl (C=O) groups is 1. The Morgan fingerprint density at radius 3 is 2.84 bits per heavy atom. The molecular formula is C14H17NO3S. The molecule has 19 heavy (non-hydrogen) atoms. The quantitative estimate of drug-likeness (QED) is 0.802. The molecule has 2 rings (SSSR count). The van der Waals surface area contributed by atoms with Crippen molar-refractivity contribution in [2.75, 3.05) is 5.75 Å². The maximum Gasteiger partial charge on any atom is 0.185 e. The first-order valence-corrected chi connectivity index (χ1v) is 7.04. The van der Waals surface area contributed by atoms with E-state index in [2.05, 4.69) is 4.98 Å². The van der Waals surface area contributed by atoms with E-state index < -0.39 is 12.2 Å². The van der Waals surface area contributed by atoms with Crippen LogP contribution in [0.25, 0.3) is 10.9 Å². The Morgan fingerprint density at radius 1 is 1.42 bits per heavy atom. The number of hydrogen-bond donors (Lipinski definition) is 3. The summed E-state index contributed by atoms with van der Waals surface area (Å²) in [6.45, 7) is 3.42. The van der Waals surface area contributed by atoms with E-state index in [0.29, 0.717) is 5.56 Å². The smallest absolute Gasteiger partial charge is 0.185 e. The second-order valence-corrected chi connectivity index (χ2v) is 5.80. The van der Waals surface area contributed by atoms with Gasteiger partial charge in [-0.15, -0.1) is 0 Å². The van der Waals surface area contributed by atoms with Crippen molar-refractivity contribution in [3.05, 3.63) is 35.5 Å². The fraction of sp³-hybridized carbons (Fsp3) is 0.357. The molecule has 0 aliphatic rings. The lowest BCUT2D eigenvalue weighted by molar-refractivity contribution is -0.109. The molecule has 1 aromatic carbocycles. The Hall–Kier alpha value is -1.30. The zero-order valence-corrected chi connectivity index (χ0v) is 11.7. The average Bonchev–Trinajstić information content (AvgIpc) is 2.77. The van der Waals surface area contributed by atoms with Crippen LogP contribution >= 0.6 is 11.8 Å². The lowest BCUT2D eigenvalue weighted by Gasteiger charge is -2.16. The SMILES string of the molecule is CC(=O)SCC(O)C(O)c1c[nH]c2ccc(C)cc12. The van der Waals surface area contributed by atoms with Gasteiger partial charge in [0, 0.05) is 35.3 Å². The van der Waals surface area contributed by atoms with E-state index in [9.17, 15) is 15.0 Å². The second kappa shape index (κ2) is 5.77. The van der Waals surface area contributed by atoms with Crippen molar-refractivity contribution in [2.45, 2.75) is 26.1 Å². The number of aliphatic hydroxyl groups excluding tert-OH is 2. The van der Waals surface area contributed by atoms with E-state index in [1.807, 2.05) is 25.1 Å². The molecule has 0 saturated heterocycles. The second-order valence-electron chi connectivity index (χ2n) is 4.61. The molecule has 0 bridgehead atoms. The summed E-state index contributed by atoms with van der Waals surface area (Å²) in [4.78, 5) is 13.9. The number of aromatic nitrogens is 1. The van der Waals surface area contributed by atoms with E-state index in [0.717, 1.165) is 28.2 Å². The molecule has 0 radical (unpaired) electrons. The van der Waals surface area contributed by atoms with Crippen LogP contribution in [-0.4, -0.2) is 32.2 Å². The Bertz CT molecular complexity index is 593. The topological polar surface area (TPSA) is 73.3 Å². The van der Waals surface area contributed by atoms with Crippen LogP contribution in [0, 0.1) is 6.92 Å². The van der Waals surface area contributed by atoms with E-state index >= 15 is 0 Å². The third-order valence-electron chi connectivity index (χ3n) is 3.01. The van der Waals surface area contributed by atoms with Gasteiger partial charge >= 0.3 is 0 Å². The molecule has 2 unspecified atom stereocenters. The van der Waals surface area contributed by atoms with Crippen molar-refractivity contribution in [1.29, 1.82) is 0 Å². The van der Waals surface area contributed by atoms with Gasteiger partial charge in [0.1, 0.15) is 6.10 Å². The van der Waals surface area contributed by atoms with E-state index in [1.54, 1.807) is 6.20 Å². The molecule has 4 nitrogen and oxygen atoms in total. The summed E-state index contributed by atoms with van der Waals surface area (Å²) < 4.78 is 0. The third-order valence-corrected chi connectivity index (χ3v) is 3.92. The van der Waals surface area contributed by atoms with Crippen LogP contribution in [-0.2, 0) is 4.79 Å². The highest BCUT2D eigenvalue weighted by atomic mass is 32.2. The van der Waals surface area contributed by atoms with E-state index in [4.69, 9.17) is 0 Å². The van der Waals surface area contributed by atoms with Crippen LogP contribution in [0.15, 0.2) is 24.4 Å². The van der Waals surface area contributed by atoms with Crippen LogP contribution in [0.3, 0.4) is 0 Å². The van der Waals surface area contributed by atoms with Gasteiger partial charge in [-0.1, -0.05) is 23.4 Å². The molecule has 2 aromatic rings. The number of aromatic amines is 1. The summed E-state index contributed by atoms with van der Waals surface area (Å²) in [5.74, 6) is 0.189. The van der Waals surface area contributed by atoms with Gasteiger partial charge in [-0.3, -0.25) is 4.79 Å². The highest BCUT2D eigenvalue weighted by Gasteiger charge is 2.22. The van der Waals surface area contributed by atoms with Gasteiger partial charge in [0.25, 0.3) is 0 Å². The molecular weight excluding hydrogens is 262 g/mol. The Balaban J connectivity index is 2.23. The molecule has 0 saturated carbocycles. The monoisotopic (exact) mass is 279 g/mol. The van der Waals surface area contributed by atoms with Crippen molar-refractivity contribution in [3.8, 4) is 0 Å². The molecule has 1 heterocycles. The first-order valence-electron chi connectivity index (χ1n) is 6.06. The predicted molar refractivity (Wildman–Crippen MR) is 77.1 cm³/mol. The molecule has 0 aliphatic carbocycles. The number of H-pyrrole nitrogens is 1. The largest absolute Gasteiger partial charge is 0.389 e. The molecule has 102 valence electrons. The van der Waals surface area contributed by atoms with Crippen molar-refractivity contribution in [2.24, 2.45) is 0 Å². The van der Waals surface area contributed by atoms with Gasteiger partial charge in [0.15, 0.2) is 5.12 Å². The zero-order valence-electron chi connectivity index (χ0n) is 10.9. The number of hydrogen-bond acceptors (Lipinski definition) is 4. The number of nitrogens with one attached hydrogen (secondary N) is 1. The minimum atomic E-state index is -0.998. The highest BCUT2D eigenvalue weighted by molar-refractivity contribution is 8.13. The third kappa shape index (κ3) is 3.18. The van der Waals surface area contributed by atoms with Crippen LogP contribution in [0.2, 0.25) is 0 Å². The summed E-state index contributed by atoms with van der Waals surface area (Å²) in [5, 5.41) is 20.9. The fourth-order valence-corrected chi connectivity index (χ4v) is 2.59. The van der Waals surface area contributed by atoms with Crippen molar-refractivity contribution >= 4 is 27.8 Å². The van der Waals surface area contributed by atoms with Crippen molar-refractivity contribution < 1.29 is 15.0 Å². The molecule has 0 spiro atoms. The number of fused-ring (bicyclic) bond motifs is 1. The Morgan fingerprint density at radius 2 is 2.16 bits per heavy atom. The summed E-state index contributed by atoms with van der Waals surface area (Å²) in [7, 11) is 0. The average molecular weight is 279 g/mol. The maximum absolute atomic E-state index is 10.9. The van der Waals surface area contributed by atoms with E-state index in [-0.39, 0.29) is 10.9 Å². The van der Waals surface area contributed by atoms with Gasteiger partial charge < -0.3 is 15.2 Å². The summed E-state index contributed by atoms with van der Waals surface area (Å²) >= 11 is 1.01. The first kappa shape index (κ1) is 14.1. The number of carbonyl (C=O) groups excluding carboxylic acids is 1. The normalized spacial score (nSPS) is 14.5. The van der Waals surface area contributed by atoms with Gasteiger partial charge in [-0.05, 0) is 19.1 Å². The van der Waals surface area contributed by atoms with Gasteiger partial charge in [-0.2, -0.15) is 0 Å². The summed E-state index contributed by atoms with van der Waals surface area (Å²) in [6.07, 6.45) is -0.257. The number of aryl methyl sites for hydroxylation is 1. The molecule has 2 atom stereocenters. The number of thioether (sulfide) groups is 1. The molecule has 5 heteroatoms. The van der Waals surface area contributed by atoms with Crippen LogP contribution in [0.5, 0.6) is 0 Å².